The molecule has 1 unspecified atom stereocenters. The number of anilines is 2. The number of aromatic nitrogens is 2. The summed E-state index contributed by atoms with van der Waals surface area (Å²) in [5.74, 6) is 0.602. The van der Waals surface area contributed by atoms with Crippen LogP contribution in [0.25, 0.3) is 0 Å². The maximum atomic E-state index is 12.4. The molecule has 0 radical (unpaired) electrons. The van der Waals surface area contributed by atoms with E-state index >= 15 is 0 Å². The molecule has 1 saturated heterocycles. The molecule has 1 aliphatic heterocycles. The highest BCUT2D eigenvalue weighted by Gasteiger charge is 2.32. The number of carbonyl (C=O) groups excluding carboxylic acids is 1. The number of nitrogens with one attached hydrogen (secondary N) is 1. The van der Waals surface area contributed by atoms with Gasteiger partial charge in [-0.15, -0.1) is 10.2 Å². The van der Waals surface area contributed by atoms with Crippen LogP contribution in [-0.4, -0.2) is 48.6 Å². The number of amides is 1. The Hall–Kier alpha value is -2.48. The fourth-order valence-electron chi connectivity index (χ4n) is 3.37. The van der Waals surface area contributed by atoms with Crippen molar-refractivity contribution in [2.45, 2.75) is 33.2 Å². The molecule has 1 N–H and O–H groups in total. The van der Waals surface area contributed by atoms with Crippen LogP contribution in [0.3, 0.4) is 0 Å². The van der Waals surface area contributed by atoms with Gasteiger partial charge in [0, 0.05) is 18.3 Å². The van der Waals surface area contributed by atoms with E-state index in [9.17, 15) is 13.2 Å². The molecule has 1 atom stereocenters. The van der Waals surface area contributed by atoms with Crippen molar-refractivity contribution in [1.82, 2.24) is 10.2 Å². The second kappa shape index (κ2) is 7.64. The van der Waals surface area contributed by atoms with Gasteiger partial charge >= 0.3 is 0 Å². The van der Waals surface area contributed by atoms with Gasteiger partial charge in [0.05, 0.1) is 11.5 Å². The lowest BCUT2D eigenvalue weighted by Gasteiger charge is -2.27. The van der Waals surface area contributed by atoms with Crippen molar-refractivity contribution in [2.75, 3.05) is 28.3 Å². The summed E-state index contributed by atoms with van der Waals surface area (Å²) in [4.78, 5) is 14.4. The van der Waals surface area contributed by atoms with E-state index in [1.54, 1.807) is 12.1 Å². The first-order valence-electron chi connectivity index (χ1n) is 8.98. The molecule has 3 rings (SSSR count). The summed E-state index contributed by atoms with van der Waals surface area (Å²) in [7, 11) is -2.98. The van der Waals surface area contributed by atoms with Gasteiger partial charge in [0.25, 0.3) is 5.91 Å². The number of hydrogen-bond donors (Lipinski definition) is 1. The second-order valence-electron chi connectivity index (χ2n) is 6.89. The van der Waals surface area contributed by atoms with Crippen LogP contribution in [0.1, 0.15) is 35.0 Å². The summed E-state index contributed by atoms with van der Waals surface area (Å²) in [6, 6.07) is 9.05. The Bertz CT molecular complexity index is 942. The van der Waals surface area contributed by atoms with Crippen molar-refractivity contribution in [3.8, 4) is 0 Å². The van der Waals surface area contributed by atoms with Crippen molar-refractivity contribution in [2.24, 2.45) is 0 Å². The Morgan fingerprint density at radius 3 is 2.56 bits per heavy atom. The highest BCUT2D eigenvalue weighted by atomic mass is 32.2. The van der Waals surface area contributed by atoms with Crippen LogP contribution in [0.15, 0.2) is 30.3 Å². The lowest BCUT2D eigenvalue weighted by Crippen LogP contribution is -2.37. The Morgan fingerprint density at radius 2 is 2.00 bits per heavy atom. The van der Waals surface area contributed by atoms with E-state index in [0.717, 1.165) is 16.8 Å². The zero-order valence-electron chi connectivity index (χ0n) is 15.8. The first-order chi connectivity index (χ1) is 12.8. The van der Waals surface area contributed by atoms with Crippen LogP contribution in [0.5, 0.6) is 0 Å². The molecule has 7 nitrogen and oxygen atoms in total. The van der Waals surface area contributed by atoms with Crippen molar-refractivity contribution in [3.63, 3.8) is 0 Å². The molecule has 0 saturated carbocycles. The summed E-state index contributed by atoms with van der Waals surface area (Å²) < 4.78 is 23.5. The number of hydrogen-bond acceptors (Lipinski definition) is 6. The Labute approximate surface area is 159 Å². The van der Waals surface area contributed by atoms with Gasteiger partial charge in [0.1, 0.15) is 0 Å². The average Bonchev–Trinajstić information content (AvgIpc) is 2.98. The molecule has 144 valence electrons. The lowest BCUT2D eigenvalue weighted by molar-refractivity contribution is 0.102. The minimum absolute atomic E-state index is 0.0933. The number of aryl methyl sites for hydroxylation is 2. The maximum Gasteiger partial charge on any atom is 0.276 e. The number of sulfone groups is 1. The predicted molar refractivity (Wildman–Crippen MR) is 106 cm³/mol. The highest BCUT2D eigenvalue weighted by Crippen LogP contribution is 2.22. The van der Waals surface area contributed by atoms with E-state index in [2.05, 4.69) is 15.5 Å². The number of rotatable bonds is 5. The average molecular weight is 388 g/mol. The van der Waals surface area contributed by atoms with Crippen LogP contribution < -0.4 is 10.2 Å². The molecule has 1 aromatic heterocycles. The molecule has 8 heteroatoms. The van der Waals surface area contributed by atoms with E-state index in [1.807, 2.05) is 43.9 Å². The fraction of sp³-hybridized carbons (Fsp3) is 0.421. The first kappa shape index (κ1) is 19.3. The maximum absolute atomic E-state index is 12.4. The van der Waals surface area contributed by atoms with E-state index in [-0.39, 0.29) is 29.1 Å². The second-order valence-corrected chi connectivity index (χ2v) is 9.12. The summed E-state index contributed by atoms with van der Waals surface area (Å²) >= 11 is 0. The third kappa shape index (κ3) is 4.44. The molecule has 1 fully saturated rings. The Morgan fingerprint density at radius 1 is 1.22 bits per heavy atom. The quantitative estimate of drug-likeness (QED) is 0.845. The molecular weight excluding hydrogens is 364 g/mol. The highest BCUT2D eigenvalue weighted by molar-refractivity contribution is 7.91. The van der Waals surface area contributed by atoms with Crippen LogP contribution in [0, 0.1) is 13.8 Å². The van der Waals surface area contributed by atoms with E-state index in [0.29, 0.717) is 18.8 Å². The summed E-state index contributed by atoms with van der Waals surface area (Å²) in [5, 5.41) is 11.1. The van der Waals surface area contributed by atoms with Gasteiger partial charge in [0.2, 0.25) is 0 Å². The van der Waals surface area contributed by atoms with Crippen LogP contribution in [0.2, 0.25) is 0 Å². The molecule has 0 bridgehead atoms. The van der Waals surface area contributed by atoms with Crippen molar-refractivity contribution < 1.29 is 13.2 Å². The van der Waals surface area contributed by atoms with Gasteiger partial charge in [-0.05, 0) is 51.0 Å². The van der Waals surface area contributed by atoms with Crippen LogP contribution in [0.4, 0.5) is 11.5 Å². The van der Waals surface area contributed by atoms with Gasteiger partial charge in [0.15, 0.2) is 21.3 Å². The van der Waals surface area contributed by atoms with Gasteiger partial charge in [-0.2, -0.15) is 0 Å². The van der Waals surface area contributed by atoms with Crippen LogP contribution in [-0.2, 0) is 9.84 Å². The number of nitrogens with zero attached hydrogens (tertiary/aromatic N) is 3. The van der Waals surface area contributed by atoms with Crippen molar-refractivity contribution in [1.29, 1.82) is 0 Å². The third-order valence-electron chi connectivity index (χ3n) is 4.80. The molecule has 1 aliphatic rings. The lowest BCUT2D eigenvalue weighted by atomic mass is 10.1. The molecule has 27 heavy (non-hydrogen) atoms. The largest absolute Gasteiger partial charge is 0.351 e. The normalized spacial score (nSPS) is 18.3. The zero-order chi connectivity index (χ0) is 19.6. The van der Waals surface area contributed by atoms with Gasteiger partial charge in [-0.25, -0.2) is 8.42 Å². The first-order valence-corrected chi connectivity index (χ1v) is 10.8. The SMILES string of the molecule is CCN(c1ccc(C(=O)Nc2ccc(C)cc2C)nn1)C1CCS(=O)(=O)C1. The monoisotopic (exact) mass is 388 g/mol. The topological polar surface area (TPSA) is 92.3 Å². The standard InChI is InChI=1S/C19H24N4O3S/c1-4-23(15-9-10-27(25,26)12-15)18-8-7-17(21-22-18)19(24)20-16-6-5-13(2)11-14(16)3/h5-8,11,15H,4,9-10,12H2,1-3H3,(H,20,24). The summed E-state index contributed by atoms with van der Waals surface area (Å²) in [5.41, 5.74) is 3.06. The van der Waals surface area contributed by atoms with Gasteiger partial charge in [-0.1, -0.05) is 17.7 Å². The number of carbonyl (C=O) groups is 1. The van der Waals surface area contributed by atoms with Crippen LogP contribution >= 0.6 is 0 Å². The fourth-order valence-corrected chi connectivity index (χ4v) is 5.10. The smallest absolute Gasteiger partial charge is 0.276 e. The Kier molecular flexibility index (Phi) is 5.46. The predicted octanol–water partition coefficient (Wildman–Crippen LogP) is 2.36. The molecule has 2 heterocycles. The minimum atomic E-state index is -2.98. The third-order valence-corrected chi connectivity index (χ3v) is 6.55. The number of benzene rings is 1. The van der Waals surface area contributed by atoms with Gasteiger partial charge in [-0.3, -0.25) is 4.79 Å². The molecule has 0 aliphatic carbocycles. The molecule has 1 amide bonds. The van der Waals surface area contributed by atoms with Crippen molar-refractivity contribution >= 4 is 27.2 Å². The molecule has 2 aromatic rings. The van der Waals surface area contributed by atoms with Gasteiger partial charge < -0.3 is 10.2 Å². The molecule has 0 spiro atoms. The van der Waals surface area contributed by atoms with E-state index < -0.39 is 9.84 Å². The summed E-state index contributed by atoms with van der Waals surface area (Å²) in [6.07, 6.45) is 0.590. The minimum Gasteiger partial charge on any atom is -0.351 e. The van der Waals surface area contributed by atoms with Crippen molar-refractivity contribution in [3.05, 3.63) is 47.2 Å². The molecule has 1 aromatic carbocycles. The van der Waals surface area contributed by atoms with E-state index in [4.69, 9.17) is 0 Å². The molecular formula is C19H24N4O3S. The Balaban J connectivity index is 1.73. The van der Waals surface area contributed by atoms with E-state index in [1.165, 1.54) is 0 Å². The zero-order valence-corrected chi connectivity index (χ0v) is 16.6. The summed E-state index contributed by atoms with van der Waals surface area (Å²) in [6.45, 7) is 6.51.